The van der Waals surface area contributed by atoms with Gasteiger partial charge in [0.05, 0.1) is 17.9 Å². The molecule has 1 aliphatic heterocycles. The minimum absolute atomic E-state index is 0.0462. The molecule has 4 aliphatic rings. The molecular weight excluding hydrogens is 475 g/mol. The number of nitrogens with zero attached hydrogens (tertiary/aromatic N) is 2. The fourth-order valence-electron chi connectivity index (χ4n) is 7.39. The zero-order valence-electron chi connectivity index (χ0n) is 23.4. The zero-order valence-corrected chi connectivity index (χ0v) is 23.4. The van der Waals surface area contributed by atoms with Crippen LogP contribution in [-0.2, 0) is 20.5 Å². The van der Waals surface area contributed by atoms with E-state index in [1.54, 1.807) is 6.20 Å². The van der Waals surface area contributed by atoms with Crippen LogP contribution < -0.4 is 0 Å². The number of aromatic nitrogens is 2. The summed E-state index contributed by atoms with van der Waals surface area (Å²) in [5.74, 6) is 1.02. The summed E-state index contributed by atoms with van der Waals surface area (Å²) in [4.78, 5) is 35.2. The fourth-order valence-corrected chi connectivity index (χ4v) is 7.39. The molecule has 1 aromatic heterocycles. The Balaban J connectivity index is 1.34. The van der Waals surface area contributed by atoms with Gasteiger partial charge in [-0.15, -0.1) is 0 Å². The second-order valence-electron chi connectivity index (χ2n) is 13.0. The molecule has 0 radical (unpaired) electrons. The van der Waals surface area contributed by atoms with E-state index in [1.165, 1.54) is 18.8 Å². The highest BCUT2D eigenvalue weighted by molar-refractivity contribution is 6.47. The largest absolute Gasteiger partial charge is 0.461 e. The maximum absolute atomic E-state index is 13.9. The monoisotopic (exact) mass is 516 g/mol. The summed E-state index contributed by atoms with van der Waals surface area (Å²) >= 11 is 0. The van der Waals surface area contributed by atoms with Crippen molar-refractivity contribution in [3.8, 4) is 0 Å². The van der Waals surface area contributed by atoms with Gasteiger partial charge in [0.25, 0.3) is 0 Å². The van der Waals surface area contributed by atoms with E-state index in [2.05, 4.69) is 44.6 Å². The molecule has 2 aromatic rings. The quantitative estimate of drug-likeness (QED) is 0.269. The minimum Gasteiger partial charge on any atom is -0.405 e. The summed E-state index contributed by atoms with van der Waals surface area (Å²) in [7, 11) is -0.389. The highest BCUT2D eigenvalue weighted by atomic mass is 16.7. The second-order valence-corrected chi connectivity index (χ2v) is 13.0. The number of rotatable bonds is 11. The van der Waals surface area contributed by atoms with Crippen LogP contribution in [0, 0.1) is 29.1 Å². The number of Topliss-reactive ketones (excluding diaryl/α,β-unsaturated/α-hetero) is 2. The Morgan fingerprint density at radius 3 is 2.50 bits per heavy atom. The third-order valence-electron chi connectivity index (χ3n) is 9.65. The Labute approximate surface area is 227 Å². The number of ketones is 2. The Morgan fingerprint density at radius 1 is 1.08 bits per heavy atom. The molecule has 6 rings (SSSR count). The van der Waals surface area contributed by atoms with Gasteiger partial charge < -0.3 is 9.31 Å². The molecule has 0 amide bonds. The standard InChI is InChI=1S/C31H41BN2O4/c1-20(2)13-24(32-37-29-17-23-16-28(30(23,3)4)31(29,5)38-32)18-26(35)22(14-21-9-7-6-8-10-21)15-27(36)25-19-33-11-12-34-25/h6-12,19-20,22-24,28-29H,13-18H2,1-5H3/t22-,23+,24-,28+,29-,31+/m1/s1. The number of carbonyl (C=O) groups is 2. The summed E-state index contributed by atoms with van der Waals surface area (Å²) in [6.45, 7) is 11.3. The number of carbonyl (C=O) groups excluding carboxylic acids is 2. The SMILES string of the molecule is CC(C)C[C@H](CC(=O)[C@@H](CC(=O)c1cnccn1)Cc1ccccc1)B1O[C@@H]2C[C@@H]3C[C@@H](C3(C)C)[C@]2(C)O1. The molecule has 0 spiro atoms. The first-order valence-electron chi connectivity index (χ1n) is 14.3. The first-order valence-corrected chi connectivity index (χ1v) is 14.3. The fraction of sp³-hybridized carbons (Fsp3) is 0.613. The maximum Gasteiger partial charge on any atom is 0.461 e. The van der Waals surface area contributed by atoms with Crippen LogP contribution in [0.2, 0.25) is 5.82 Å². The molecule has 3 aliphatic carbocycles. The Kier molecular flexibility index (Phi) is 7.62. The number of benzene rings is 1. The molecule has 4 fully saturated rings. The van der Waals surface area contributed by atoms with Crippen LogP contribution in [0.25, 0.3) is 0 Å². The summed E-state index contributed by atoms with van der Waals surface area (Å²) in [5.41, 5.74) is 1.33. The first kappa shape index (κ1) is 27.2. The van der Waals surface area contributed by atoms with E-state index in [0.29, 0.717) is 36.3 Å². The lowest BCUT2D eigenvalue weighted by Crippen LogP contribution is -2.65. The van der Waals surface area contributed by atoms with Crippen molar-refractivity contribution < 1.29 is 18.9 Å². The van der Waals surface area contributed by atoms with Gasteiger partial charge in [-0.05, 0) is 61.3 Å². The van der Waals surface area contributed by atoms with Crippen molar-refractivity contribution in [2.45, 2.75) is 90.7 Å². The van der Waals surface area contributed by atoms with E-state index in [9.17, 15) is 9.59 Å². The molecule has 0 unspecified atom stereocenters. The third-order valence-corrected chi connectivity index (χ3v) is 9.65. The predicted octanol–water partition coefficient (Wildman–Crippen LogP) is 6.01. The minimum atomic E-state index is -0.437. The zero-order chi connectivity index (χ0) is 27.1. The summed E-state index contributed by atoms with van der Waals surface area (Å²) in [6.07, 6.45) is 8.67. The molecule has 3 saturated carbocycles. The van der Waals surface area contributed by atoms with Crippen LogP contribution in [0.5, 0.6) is 0 Å². The molecule has 7 heteroatoms. The molecule has 2 bridgehead atoms. The van der Waals surface area contributed by atoms with E-state index >= 15 is 0 Å². The van der Waals surface area contributed by atoms with Crippen LogP contribution in [0.4, 0.5) is 0 Å². The Hall–Kier alpha value is -2.38. The normalized spacial score (nSPS) is 28.9. The van der Waals surface area contributed by atoms with Crippen LogP contribution >= 0.6 is 0 Å². The lowest BCUT2D eigenvalue weighted by Gasteiger charge is -2.64. The van der Waals surface area contributed by atoms with Gasteiger partial charge in [0.15, 0.2) is 5.78 Å². The summed E-state index contributed by atoms with van der Waals surface area (Å²) < 4.78 is 13.4. The van der Waals surface area contributed by atoms with E-state index in [0.717, 1.165) is 18.4 Å². The van der Waals surface area contributed by atoms with Crippen LogP contribution in [0.15, 0.2) is 48.9 Å². The molecule has 6 atom stereocenters. The van der Waals surface area contributed by atoms with E-state index < -0.39 is 5.92 Å². The van der Waals surface area contributed by atoms with Crippen molar-refractivity contribution in [3.05, 3.63) is 60.2 Å². The number of hydrogen-bond acceptors (Lipinski definition) is 6. The highest BCUT2D eigenvalue weighted by Gasteiger charge is 2.68. The van der Waals surface area contributed by atoms with Crippen molar-refractivity contribution in [1.82, 2.24) is 9.97 Å². The van der Waals surface area contributed by atoms with Gasteiger partial charge >= 0.3 is 7.12 Å². The van der Waals surface area contributed by atoms with Gasteiger partial charge in [0.2, 0.25) is 0 Å². The second kappa shape index (κ2) is 10.7. The first-order chi connectivity index (χ1) is 18.1. The molecule has 1 aromatic carbocycles. The van der Waals surface area contributed by atoms with Crippen molar-refractivity contribution in [2.75, 3.05) is 0 Å². The van der Waals surface area contributed by atoms with Crippen LogP contribution in [-0.4, -0.2) is 40.4 Å². The van der Waals surface area contributed by atoms with Crippen LogP contribution in [0.3, 0.4) is 0 Å². The number of hydrogen-bond donors (Lipinski definition) is 0. The molecule has 38 heavy (non-hydrogen) atoms. The van der Waals surface area contributed by atoms with E-state index in [4.69, 9.17) is 9.31 Å². The molecule has 0 N–H and O–H groups in total. The van der Waals surface area contributed by atoms with E-state index in [1.807, 2.05) is 30.3 Å². The lowest BCUT2D eigenvalue weighted by atomic mass is 9.43. The average molecular weight is 516 g/mol. The van der Waals surface area contributed by atoms with Crippen molar-refractivity contribution in [1.29, 1.82) is 0 Å². The van der Waals surface area contributed by atoms with Crippen LogP contribution in [0.1, 0.15) is 82.8 Å². The lowest BCUT2D eigenvalue weighted by molar-refractivity contribution is -0.199. The molecule has 202 valence electrons. The van der Waals surface area contributed by atoms with Crippen molar-refractivity contribution >= 4 is 18.7 Å². The van der Waals surface area contributed by atoms with Gasteiger partial charge in [0, 0.05) is 37.0 Å². The summed E-state index contributed by atoms with van der Waals surface area (Å²) in [6, 6.07) is 9.93. The van der Waals surface area contributed by atoms with Gasteiger partial charge in [0.1, 0.15) is 11.5 Å². The summed E-state index contributed by atoms with van der Waals surface area (Å²) in [5, 5.41) is 0. The third kappa shape index (κ3) is 5.24. The van der Waals surface area contributed by atoms with Gasteiger partial charge in [-0.1, -0.05) is 58.0 Å². The van der Waals surface area contributed by atoms with Gasteiger partial charge in [-0.3, -0.25) is 14.6 Å². The predicted molar refractivity (Wildman–Crippen MR) is 148 cm³/mol. The van der Waals surface area contributed by atoms with Crippen molar-refractivity contribution in [3.63, 3.8) is 0 Å². The van der Waals surface area contributed by atoms with Crippen molar-refractivity contribution in [2.24, 2.45) is 29.1 Å². The highest BCUT2D eigenvalue weighted by Crippen LogP contribution is 2.66. The average Bonchev–Trinajstić information content (AvgIpc) is 3.26. The van der Waals surface area contributed by atoms with E-state index in [-0.39, 0.29) is 48.0 Å². The Bertz CT molecular complexity index is 1140. The Morgan fingerprint density at radius 2 is 1.84 bits per heavy atom. The maximum atomic E-state index is 13.9. The molecule has 6 nitrogen and oxygen atoms in total. The molecular formula is C31H41BN2O4. The smallest absolute Gasteiger partial charge is 0.405 e. The topological polar surface area (TPSA) is 78.4 Å². The molecule has 1 saturated heterocycles. The van der Waals surface area contributed by atoms with Gasteiger partial charge in [-0.25, -0.2) is 4.98 Å². The molecule has 2 heterocycles. The van der Waals surface area contributed by atoms with Gasteiger partial charge in [-0.2, -0.15) is 0 Å².